The van der Waals surface area contributed by atoms with Crippen LogP contribution in [0.4, 0.5) is 0 Å². The van der Waals surface area contributed by atoms with Crippen molar-refractivity contribution in [3.8, 4) is 0 Å². The molecule has 0 aromatic heterocycles. The first kappa shape index (κ1) is 13.7. The van der Waals surface area contributed by atoms with Crippen LogP contribution in [0.15, 0.2) is 30.3 Å². The Morgan fingerprint density at radius 1 is 1.19 bits per heavy atom. The summed E-state index contributed by atoms with van der Waals surface area (Å²) in [6, 6.07) is 11.1. The van der Waals surface area contributed by atoms with Gasteiger partial charge >= 0.3 is 106 Å². The Kier molecular flexibility index (Phi) is 6.71. The fraction of sp³-hybridized carbons (Fsp3) is 0.533. The van der Waals surface area contributed by atoms with E-state index in [2.05, 4.69) is 51.1 Å². The number of hydrogen-bond acceptors (Lipinski definition) is 0. The molecule has 0 saturated heterocycles. The van der Waals surface area contributed by atoms with E-state index in [-0.39, 0.29) is 15.0 Å². The molecule has 1 heteroatoms. The van der Waals surface area contributed by atoms with Crippen LogP contribution in [0.5, 0.6) is 0 Å². The van der Waals surface area contributed by atoms with Crippen molar-refractivity contribution in [1.29, 1.82) is 0 Å². The van der Waals surface area contributed by atoms with Gasteiger partial charge < -0.3 is 0 Å². The minimum atomic E-state index is -0.309. The average molecular weight is 277 g/mol. The van der Waals surface area contributed by atoms with Gasteiger partial charge in [0, 0.05) is 0 Å². The molecule has 0 nitrogen and oxygen atoms in total. The second kappa shape index (κ2) is 7.83. The summed E-state index contributed by atoms with van der Waals surface area (Å²) in [6.07, 6.45) is 5.37. The van der Waals surface area contributed by atoms with Gasteiger partial charge in [-0.05, 0) is 0 Å². The predicted octanol–water partition coefficient (Wildman–Crippen LogP) is 3.16. The van der Waals surface area contributed by atoms with Gasteiger partial charge in [-0.25, -0.2) is 0 Å². The summed E-state index contributed by atoms with van der Waals surface area (Å²) < 4.78 is 3.50. The van der Waals surface area contributed by atoms with E-state index >= 15 is 0 Å². The summed E-state index contributed by atoms with van der Waals surface area (Å²) in [6.45, 7) is 7.00. The summed E-state index contributed by atoms with van der Waals surface area (Å²) in [5, 5.41) is 0. The summed E-state index contributed by atoms with van der Waals surface area (Å²) in [5.41, 5.74) is 0. The van der Waals surface area contributed by atoms with Crippen molar-refractivity contribution in [2.24, 2.45) is 5.92 Å². The van der Waals surface area contributed by atoms with E-state index in [1.165, 1.54) is 25.7 Å². The molecule has 0 bridgehead atoms. The molecule has 0 N–H and O–H groups in total. The van der Waals surface area contributed by atoms with Crippen molar-refractivity contribution < 1.29 is 0 Å². The molecule has 16 heavy (non-hydrogen) atoms. The molecule has 0 aliphatic rings. The van der Waals surface area contributed by atoms with Gasteiger partial charge in [-0.15, -0.1) is 0 Å². The zero-order valence-corrected chi connectivity index (χ0v) is 13.3. The van der Waals surface area contributed by atoms with Crippen LogP contribution < -0.4 is 4.40 Å². The molecule has 0 amide bonds. The van der Waals surface area contributed by atoms with Crippen molar-refractivity contribution >= 4 is 23.7 Å². The average Bonchev–Trinajstić information content (AvgIpc) is 2.30. The topological polar surface area (TPSA) is 0 Å². The van der Waals surface area contributed by atoms with Crippen LogP contribution in [0, 0.1) is 5.92 Å². The third-order valence-electron chi connectivity index (χ3n) is 3.05. The van der Waals surface area contributed by atoms with Gasteiger partial charge in [-0.3, -0.25) is 0 Å². The molecule has 1 aromatic rings. The fourth-order valence-electron chi connectivity index (χ4n) is 1.93. The molecule has 0 fully saturated rings. The van der Waals surface area contributed by atoms with Gasteiger partial charge in [0.05, 0.1) is 0 Å². The Labute approximate surface area is 106 Å². The number of rotatable bonds is 6. The van der Waals surface area contributed by atoms with Crippen molar-refractivity contribution in [2.45, 2.75) is 46.5 Å². The Bertz CT molecular complexity index is 313. The Morgan fingerprint density at radius 2 is 1.88 bits per heavy atom. The second-order valence-electron chi connectivity index (χ2n) is 4.68. The summed E-state index contributed by atoms with van der Waals surface area (Å²) in [7, 11) is 0. The van der Waals surface area contributed by atoms with E-state index in [4.69, 9.17) is 0 Å². The fourth-order valence-corrected chi connectivity index (χ4v) is 5.79. The zero-order valence-electron chi connectivity index (χ0n) is 10.9. The molecule has 1 aromatic carbocycles. The van der Waals surface area contributed by atoms with Crippen LogP contribution in [0.1, 0.15) is 46.5 Å². The van der Waals surface area contributed by atoms with E-state index in [1.54, 1.807) is 4.40 Å². The molecule has 88 valence electrons. The van der Waals surface area contributed by atoms with E-state index in [0.29, 0.717) is 0 Å². The van der Waals surface area contributed by atoms with Gasteiger partial charge in [0.1, 0.15) is 0 Å². The number of benzene rings is 1. The van der Waals surface area contributed by atoms with E-state index in [1.807, 2.05) is 4.35 Å². The zero-order chi connectivity index (χ0) is 11.8. The Morgan fingerprint density at radius 3 is 2.44 bits per heavy atom. The molecule has 0 heterocycles. The molecule has 0 aliphatic heterocycles. The van der Waals surface area contributed by atoms with Crippen LogP contribution >= 0.6 is 0 Å². The molecule has 1 atom stereocenters. The van der Waals surface area contributed by atoms with Gasteiger partial charge in [0.2, 0.25) is 0 Å². The van der Waals surface area contributed by atoms with Gasteiger partial charge in [0.15, 0.2) is 0 Å². The van der Waals surface area contributed by atoms with Crippen molar-refractivity contribution in [3.63, 3.8) is 0 Å². The summed E-state index contributed by atoms with van der Waals surface area (Å²) >= 11 is -0.309. The van der Waals surface area contributed by atoms with E-state index in [9.17, 15) is 0 Å². The Balaban J connectivity index is 2.72. The van der Waals surface area contributed by atoms with Crippen molar-refractivity contribution in [2.75, 3.05) is 0 Å². The van der Waals surface area contributed by atoms with Crippen molar-refractivity contribution in [3.05, 3.63) is 30.3 Å². The number of hydrogen-bond donors (Lipinski definition) is 0. The third-order valence-corrected chi connectivity index (χ3v) is 6.51. The molecule has 1 unspecified atom stereocenters. The third kappa shape index (κ3) is 5.11. The van der Waals surface area contributed by atoms with E-state index in [0.717, 1.165) is 5.92 Å². The van der Waals surface area contributed by atoms with Gasteiger partial charge in [0.25, 0.3) is 0 Å². The van der Waals surface area contributed by atoms with Crippen LogP contribution in [0.2, 0.25) is 0 Å². The van der Waals surface area contributed by atoms with Gasteiger partial charge in [-0.2, -0.15) is 0 Å². The van der Waals surface area contributed by atoms with Crippen LogP contribution in [0.3, 0.4) is 0 Å². The first-order valence-electron chi connectivity index (χ1n) is 6.50. The predicted molar refractivity (Wildman–Crippen MR) is 77.2 cm³/mol. The quantitative estimate of drug-likeness (QED) is 0.701. The van der Waals surface area contributed by atoms with E-state index < -0.39 is 0 Å². The molecular formula is C15H24Ge. The maximum absolute atomic E-state index is 2.39. The molecule has 1 rings (SSSR count). The normalized spacial score (nSPS) is 13.8. The van der Waals surface area contributed by atoms with Crippen molar-refractivity contribution in [1.82, 2.24) is 0 Å². The molecule has 0 saturated carbocycles. The molecule has 0 aliphatic carbocycles. The second-order valence-corrected chi connectivity index (χ2v) is 8.40. The van der Waals surface area contributed by atoms with Gasteiger partial charge in [-0.1, -0.05) is 0 Å². The molecular weight excluding hydrogens is 253 g/mol. The summed E-state index contributed by atoms with van der Waals surface area (Å²) in [5.74, 6) is 0.877. The maximum atomic E-state index is 2.39. The van der Waals surface area contributed by atoms with Crippen LogP contribution in [0.25, 0.3) is 0 Å². The SMILES string of the molecule is CCC[C](CC(C)CC)=[GeH][c]1ccccc1. The molecule has 0 spiro atoms. The van der Waals surface area contributed by atoms with Crippen LogP contribution in [-0.4, -0.2) is 19.3 Å². The minimum absolute atomic E-state index is 0.309. The summed E-state index contributed by atoms with van der Waals surface area (Å²) in [4.78, 5) is 0. The monoisotopic (exact) mass is 278 g/mol. The molecule has 0 radical (unpaired) electrons. The first-order valence-corrected chi connectivity index (χ1v) is 8.93. The first-order chi connectivity index (χ1) is 7.76. The standard InChI is InChI=1S/C15H24Ge/c1-4-9-15(12-13(3)5-2)16-14-10-7-6-8-11-14/h6-8,10-11,13,16H,4-5,9,12H2,1-3H3. The van der Waals surface area contributed by atoms with Crippen LogP contribution in [-0.2, 0) is 0 Å². The Hall–Kier alpha value is -0.367.